The van der Waals surface area contributed by atoms with Gasteiger partial charge < -0.3 is 15.2 Å². The molecule has 0 radical (unpaired) electrons. The molecule has 0 aromatic carbocycles. The molecule has 2 rings (SSSR count). The number of pyridine rings is 1. The minimum atomic E-state index is -1.13. The van der Waals surface area contributed by atoms with Crippen LogP contribution in [0.5, 0.6) is 0 Å². The average molecular weight is 247 g/mol. The average Bonchev–Trinajstić information content (AvgIpc) is 2.40. The Labute approximate surface area is 105 Å². The Morgan fingerprint density at radius 2 is 1.94 bits per heavy atom. The van der Waals surface area contributed by atoms with Gasteiger partial charge in [0.05, 0.1) is 0 Å². The largest absolute Gasteiger partial charge is 0.550 e. The summed E-state index contributed by atoms with van der Waals surface area (Å²) in [4.78, 5) is 27.0. The van der Waals surface area contributed by atoms with E-state index in [1.54, 1.807) is 24.4 Å². The topological polar surface area (TPSA) is 82.1 Å². The van der Waals surface area contributed by atoms with Crippen molar-refractivity contribution in [2.24, 2.45) is 11.8 Å². The van der Waals surface area contributed by atoms with Crippen molar-refractivity contribution in [3.05, 3.63) is 24.4 Å². The number of carboxylic acid groups (broad SMARTS) is 1. The van der Waals surface area contributed by atoms with Gasteiger partial charge in [0.1, 0.15) is 5.82 Å². The Bertz CT molecular complexity index is 433. The highest BCUT2D eigenvalue weighted by Gasteiger charge is 2.31. The van der Waals surface area contributed by atoms with Crippen LogP contribution in [0.15, 0.2) is 24.4 Å². The molecule has 0 unspecified atom stereocenters. The summed E-state index contributed by atoms with van der Waals surface area (Å²) in [7, 11) is 0. The number of hydrogen-bond acceptors (Lipinski definition) is 4. The normalized spacial score (nSPS) is 23.3. The van der Waals surface area contributed by atoms with Gasteiger partial charge in [-0.3, -0.25) is 4.79 Å². The van der Waals surface area contributed by atoms with E-state index in [0.29, 0.717) is 18.7 Å². The third kappa shape index (κ3) is 2.85. The third-order valence-electron chi connectivity index (χ3n) is 3.32. The zero-order valence-corrected chi connectivity index (χ0v) is 9.96. The highest BCUT2D eigenvalue weighted by atomic mass is 16.4. The van der Waals surface area contributed by atoms with Crippen LogP contribution in [0, 0.1) is 11.8 Å². The quantitative estimate of drug-likeness (QED) is 0.846. The predicted octanol–water partition coefficient (Wildman–Crippen LogP) is 0.576. The van der Waals surface area contributed by atoms with Crippen LogP contribution in [-0.4, -0.2) is 16.9 Å². The van der Waals surface area contributed by atoms with Gasteiger partial charge in [-0.05, 0) is 25.0 Å². The summed E-state index contributed by atoms with van der Waals surface area (Å²) >= 11 is 0. The number of nitrogens with one attached hydrogen (secondary N) is 1. The summed E-state index contributed by atoms with van der Waals surface area (Å²) in [6, 6.07) is 5.19. The molecule has 18 heavy (non-hydrogen) atoms. The SMILES string of the molecule is O=C(Nc1ccccn1)[C@H]1CCCC[C@H]1C(=O)[O-]. The molecule has 1 heterocycles. The van der Waals surface area contributed by atoms with Crippen LogP contribution in [0.1, 0.15) is 25.7 Å². The lowest BCUT2D eigenvalue weighted by Gasteiger charge is -2.30. The molecule has 1 aliphatic rings. The molecule has 1 aliphatic carbocycles. The van der Waals surface area contributed by atoms with E-state index >= 15 is 0 Å². The summed E-state index contributed by atoms with van der Waals surface area (Å²) in [6.45, 7) is 0. The Morgan fingerprint density at radius 3 is 2.56 bits per heavy atom. The second-order valence-electron chi connectivity index (χ2n) is 4.52. The Hall–Kier alpha value is -1.91. The number of aromatic nitrogens is 1. The van der Waals surface area contributed by atoms with Crippen LogP contribution in [0.25, 0.3) is 0 Å². The van der Waals surface area contributed by atoms with Gasteiger partial charge in [-0.15, -0.1) is 0 Å². The zero-order valence-electron chi connectivity index (χ0n) is 9.96. The van der Waals surface area contributed by atoms with Gasteiger partial charge in [-0.25, -0.2) is 4.98 Å². The smallest absolute Gasteiger partial charge is 0.229 e. The van der Waals surface area contributed by atoms with Gasteiger partial charge in [0.25, 0.3) is 0 Å². The van der Waals surface area contributed by atoms with Crippen LogP contribution in [0.2, 0.25) is 0 Å². The van der Waals surface area contributed by atoms with Gasteiger partial charge in [0.2, 0.25) is 5.91 Å². The number of nitrogens with zero attached hydrogens (tertiary/aromatic N) is 1. The van der Waals surface area contributed by atoms with Crippen molar-refractivity contribution in [1.29, 1.82) is 0 Å². The third-order valence-corrected chi connectivity index (χ3v) is 3.32. The number of hydrogen-bond donors (Lipinski definition) is 1. The Morgan fingerprint density at radius 1 is 1.22 bits per heavy atom. The number of carbonyl (C=O) groups excluding carboxylic acids is 2. The van der Waals surface area contributed by atoms with Crippen LogP contribution in [0.3, 0.4) is 0 Å². The van der Waals surface area contributed by atoms with E-state index in [1.807, 2.05) is 0 Å². The molecule has 1 fully saturated rings. The summed E-state index contributed by atoms with van der Waals surface area (Å²) < 4.78 is 0. The fourth-order valence-corrected chi connectivity index (χ4v) is 2.38. The Balaban J connectivity index is 2.05. The van der Waals surface area contributed by atoms with Gasteiger partial charge >= 0.3 is 0 Å². The first-order valence-electron chi connectivity index (χ1n) is 6.11. The number of carboxylic acids is 1. The molecule has 5 heteroatoms. The predicted molar refractivity (Wildman–Crippen MR) is 63.3 cm³/mol. The van der Waals surface area contributed by atoms with Gasteiger partial charge in [-0.2, -0.15) is 0 Å². The number of anilines is 1. The molecule has 1 N–H and O–H groups in total. The molecule has 0 aliphatic heterocycles. The minimum Gasteiger partial charge on any atom is -0.550 e. The minimum absolute atomic E-state index is 0.275. The highest BCUT2D eigenvalue weighted by Crippen LogP contribution is 2.30. The summed E-state index contributed by atoms with van der Waals surface area (Å²) in [5.74, 6) is -2.14. The van der Waals surface area contributed by atoms with E-state index in [9.17, 15) is 14.7 Å². The second kappa shape index (κ2) is 5.62. The first-order valence-corrected chi connectivity index (χ1v) is 6.11. The molecule has 0 spiro atoms. The maximum absolute atomic E-state index is 12.0. The van der Waals surface area contributed by atoms with Crippen molar-refractivity contribution in [2.45, 2.75) is 25.7 Å². The van der Waals surface area contributed by atoms with Crippen molar-refractivity contribution in [3.8, 4) is 0 Å². The summed E-state index contributed by atoms with van der Waals surface area (Å²) in [5.41, 5.74) is 0. The number of amides is 1. The zero-order chi connectivity index (χ0) is 13.0. The fraction of sp³-hybridized carbons (Fsp3) is 0.462. The molecule has 1 saturated carbocycles. The van der Waals surface area contributed by atoms with Crippen molar-refractivity contribution in [2.75, 3.05) is 5.32 Å². The number of rotatable bonds is 3. The molecular weight excluding hydrogens is 232 g/mol. The van der Waals surface area contributed by atoms with Crippen molar-refractivity contribution in [3.63, 3.8) is 0 Å². The molecule has 1 aromatic heterocycles. The van der Waals surface area contributed by atoms with E-state index < -0.39 is 17.8 Å². The molecule has 5 nitrogen and oxygen atoms in total. The molecule has 2 atom stereocenters. The van der Waals surface area contributed by atoms with Crippen LogP contribution in [-0.2, 0) is 9.59 Å². The van der Waals surface area contributed by atoms with Crippen molar-refractivity contribution < 1.29 is 14.7 Å². The van der Waals surface area contributed by atoms with E-state index in [-0.39, 0.29) is 5.91 Å². The maximum Gasteiger partial charge on any atom is 0.229 e. The van der Waals surface area contributed by atoms with Crippen molar-refractivity contribution >= 4 is 17.7 Å². The van der Waals surface area contributed by atoms with Gasteiger partial charge in [-0.1, -0.05) is 18.9 Å². The van der Waals surface area contributed by atoms with Crippen LogP contribution < -0.4 is 10.4 Å². The lowest BCUT2D eigenvalue weighted by atomic mass is 9.79. The first kappa shape index (κ1) is 12.5. The van der Waals surface area contributed by atoms with Crippen LogP contribution >= 0.6 is 0 Å². The highest BCUT2D eigenvalue weighted by molar-refractivity contribution is 5.94. The monoisotopic (exact) mass is 247 g/mol. The molecule has 0 bridgehead atoms. The molecule has 1 aromatic rings. The summed E-state index contributed by atoms with van der Waals surface area (Å²) in [5, 5.41) is 13.7. The number of aliphatic carboxylic acids is 1. The van der Waals surface area contributed by atoms with Crippen LogP contribution in [0.4, 0.5) is 5.82 Å². The molecular formula is C13H15N2O3-. The van der Waals surface area contributed by atoms with Gasteiger partial charge in [0.15, 0.2) is 0 Å². The fourth-order valence-electron chi connectivity index (χ4n) is 2.38. The van der Waals surface area contributed by atoms with E-state index in [0.717, 1.165) is 12.8 Å². The van der Waals surface area contributed by atoms with E-state index in [2.05, 4.69) is 10.3 Å². The van der Waals surface area contributed by atoms with E-state index in [1.165, 1.54) is 0 Å². The molecule has 96 valence electrons. The summed E-state index contributed by atoms with van der Waals surface area (Å²) in [6.07, 6.45) is 4.41. The standard InChI is InChI=1S/C13H16N2O3/c16-12(15-11-7-3-4-8-14-11)9-5-1-2-6-10(9)13(17)18/h3-4,7-10H,1-2,5-6H2,(H,17,18)(H,14,15,16)/p-1/t9-,10+/m0/s1. The molecule has 1 amide bonds. The molecule has 0 saturated heterocycles. The van der Waals surface area contributed by atoms with Gasteiger partial charge in [0, 0.05) is 24.0 Å². The second-order valence-corrected chi connectivity index (χ2v) is 4.52. The maximum atomic E-state index is 12.0. The van der Waals surface area contributed by atoms with E-state index in [4.69, 9.17) is 0 Å². The Kier molecular flexibility index (Phi) is 3.92. The number of carbonyl (C=O) groups is 2. The lowest BCUT2D eigenvalue weighted by Crippen LogP contribution is -2.42. The lowest BCUT2D eigenvalue weighted by molar-refractivity contribution is -0.313. The van der Waals surface area contributed by atoms with Crippen molar-refractivity contribution in [1.82, 2.24) is 4.98 Å². The first-order chi connectivity index (χ1) is 8.68.